The third-order valence-corrected chi connectivity index (χ3v) is 3.92. The molecule has 2 aromatic carbocycles. The molecule has 0 atom stereocenters. The minimum absolute atomic E-state index is 0.134. The van der Waals surface area contributed by atoms with E-state index in [-0.39, 0.29) is 6.61 Å². The van der Waals surface area contributed by atoms with Crippen LogP contribution < -0.4 is 14.2 Å². The molecule has 3 rings (SSSR count). The Morgan fingerprint density at radius 3 is 2.21 bits per heavy atom. The van der Waals surface area contributed by atoms with Crippen molar-refractivity contribution < 1.29 is 19.3 Å². The summed E-state index contributed by atoms with van der Waals surface area (Å²) >= 11 is 0. The van der Waals surface area contributed by atoms with Crippen LogP contribution in [0.3, 0.4) is 0 Å². The molecule has 1 aromatic heterocycles. The van der Waals surface area contributed by atoms with Gasteiger partial charge in [0.2, 0.25) is 5.75 Å². The third kappa shape index (κ3) is 2.63. The topological polar surface area (TPSA) is 60.8 Å². The molecule has 0 aliphatic carbocycles. The van der Waals surface area contributed by atoms with Crippen molar-refractivity contribution in [2.45, 2.75) is 6.61 Å². The highest BCUT2D eigenvalue weighted by atomic mass is 16.5. The maximum atomic E-state index is 9.86. The number of hydrogen-bond donors (Lipinski definition) is 1. The Bertz CT molecular complexity index is 862. The number of benzene rings is 2. The van der Waals surface area contributed by atoms with Gasteiger partial charge in [-0.25, -0.2) is 4.98 Å². The molecule has 3 aromatic rings. The molecular weight excluding hydrogens is 306 g/mol. The summed E-state index contributed by atoms with van der Waals surface area (Å²) in [6.07, 6.45) is 0. The fraction of sp³-hybridized carbons (Fsp3) is 0.211. The van der Waals surface area contributed by atoms with Gasteiger partial charge in [-0.2, -0.15) is 0 Å². The monoisotopic (exact) mass is 325 g/mol. The van der Waals surface area contributed by atoms with Crippen LogP contribution in [-0.2, 0) is 6.61 Å². The van der Waals surface area contributed by atoms with Crippen LogP contribution in [0.5, 0.6) is 17.2 Å². The van der Waals surface area contributed by atoms with E-state index in [2.05, 4.69) is 0 Å². The van der Waals surface area contributed by atoms with E-state index in [0.29, 0.717) is 22.8 Å². The van der Waals surface area contributed by atoms with Crippen molar-refractivity contribution in [2.24, 2.45) is 0 Å². The van der Waals surface area contributed by atoms with Crippen LogP contribution in [-0.4, -0.2) is 31.4 Å². The van der Waals surface area contributed by atoms with Gasteiger partial charge >= 0.3 is 0 Å². The van der Waals surface area contributed by atoms with E-state index < -0.39 is 0 Å². The van der Waals surface area contributed by atoms with E-state index in [4.69, 9.17) is 19.2 Å². The largest absolute Gasteiger partial charge is 0.493 e. The van der Waals surface area contributed by atoms with Crippen molar-refractivity contribution in [2.75, 3.05) is 21.3 Å². The fourth-order valence-corrected chi connectivity index (χ4v) is 2.82. The summed E-state index contributed by atoms with van der Waals surface area (Å²) in [6.45, 7) is -0.134. The van der Waals surface area contributed by atoms with Gasteiger partial charge < -0.3 is 19.3 Å². The number of methoxy groups -OCH3 is 3. The Labute approximate surface area is 140 Å². The second-order valence-corrected chi connectivity index (χ2v) is 5.23. The lowest BCUT2D eigenvalue weighted by atomic mass is 10.0. The molecule has 0 saturated heterocycles. The molecule has 5 nitrogen and oxygen atoms in total. The van der Waals surface area contributed by atoms with Gasteiger partial charge in [0.1, 0.15) is 0 Å². The van der Waals surface area contributed by atoms with Gasteiger partial charge in [-0.05, 0) is 11.6 Å². The molecule has 1 N–H and O–H groups in total. The number of hydrogen-bond acceptors (Lipinski definition) is 5. The summed E-state index contributed by atoms with van der Waals surface area (Å²) in [5.74, 6) is 1.52. The second-order valence-electron chi connectivity index (χ2n) is 5.23. The zero-order valence-electron chi connectivity index (χ0n) is 13.9. The highest BCUT2D eigenvalue weighted by molar-refractivity contribution is 5.94. The van der Waals surface area contributed by atoms with Crippen LogP contribution >= 0.6 is 0 Å². The summed E-state index contributed by atoms with van der Waals surface area (Å²) in [5, 5.41) is 10.6. The average Bonchev–Trinajstić information content (AvgIpc) is 2.65. The minimum atomic E-state index is -0.134. The van der Waals surface area contributed by atoms with Gasteiger partial charge in [-0.3, -0.25) is 0 Å². The maximum Gasteiger partial charge on any atom is 0.204 e. The predicted molar refractivity (Wildman–Crippen MR) is 92.8 cm³/mol. The van der Waals surface area contributed by atoms with Crippen molar-refractivity contribution in [1.29, 1.82) is 0 Å². The molecule has 0 aliphatic heterocycles. The zero-order valence-corrected chi connectivity index (χ0v) is 13.9. The molecule has 0 fully saturated rings. The summed E-state index contributed by atoms with van der Waals surface area (Å²) in [6, 6.07) is 13.5. The molecule has 0 unspecified atom stereocenters. The first-order valence-corrected chi connectivity index (χ1v) is 7.52. The number of nitrogens with zero attached hydrogens (tertiary/aromatic N) is 1. The first-order chi connectivity index (χ1) is 11.7. The van der Waals surface area contributed by atoms with Crippen molar-refractivity contribution in [3.8, 4) is 28.5 Å². The minimum Gasteiger partial charge on any atom is -0.493 e. The van der Waals surface area contributed by atoms with Crippen LogP contribution in [0, 0.1) is 0 Å². The quantitative estimate of drug-likeness (QED) is 0.779. The van der Waals surface area contributed by atoms with Gasteiger partial charge in [0.15, 0.2) is 11.5 Å². The fourth-order valence-electron chi connectivity index (χ4n) is 2.82. The number of fused-ring (bicyclic) bond motifs is 1. The summed E-state index contributed by atoms with van der Waals surface area (Å²) in [4.78, 5) is 4.72. The van der Waals surface area contributed by atoms with E-state index >= 15 is 0 Å². The number of aromatic nitrogens is 1. The molecule has 0 aliphatic rings. The Morgan fingerprint density at radius 1 is 0.917 bits per heavy atom. The number of rotatable bonds is 5. The molecule has 5 heteroatoms. The summed E-state index contributed by atoms with van der Waals surface area (Å²) in [7, 11) is 4.68. The normalized spacial score (nSPS) is 10.7. The smallest absolute Gasteiger partial charge is 0.204 e. The van der Waals surface area contributed by atoms with E-state index in [1.165, 1.54) is 0 Å². The Kier molecular flexibility index (Phi) is 4.53. The Hall–Kier alpha value is -2.79. The lowest BCUT2D eigenvalue weighted by molar-refractivity contribution is 0.282. The second kappa shape index (κ2) is 6.76. The van der Waals surface area contributed by atoms with Crippen LogP contribution in [0.1, 0.15) is 5.56 Å². The molecule has 0 radical (unpaired) electrons. The molecule has 1 heterocycles. The molecule has 124 valence electrons. The lowest BCUT2D eigenvalue weighted by Gasteiger charge is -2.17. The summed E-state index contributed by atoms with van der Waals surface area (Å²) < 4.78 is 16.3. The lowest BCUT2D eigenvalue weighted by Crippen LogP contribution is -2.00. The summed E-state index contributed by atoms with van der Waals surface area (Å²) in [5.41, 5.74) is 3.15. The van der Waals surface area contributed by atoms with Gasteiger partial charge in [0.25, 0.3) is 0 Å². The molecule has 24 heavy (non-hydrogen) atoms. The average molecular weight is 325 g/mol. The van der Waals surface area contributed by atoms with Crippen LogP contribution in [0.2, 0.25) is 0 Å². The predicted octanol–water partition coefficient (Wildman–Crippen LogP) is 3.42. The molecule has 0 amide bonds. The first kappa shape index (κ1) is 16.1. The van der Waals surface area contributed by atoms with Crippen molar-refractivity contribution >= 4 is 10.9 Å². The molecule has 0 bridgehead atoms. The third-order valence-electron chi connectivity index (χ3n) is 3.92. The maximum absolute atomic E-state index is 9.86. The number of ether oxygens (including phenoxy) is 3. The number of pyridine rings is 1. The highest BCUT2D eigenvalue weighted by Gasteiger charge is 2.20. The van der Waals surface area contributed by atoms with Gasteiger partial charge in [0, 0.05) is 11.6 Å². The highest BCUT2D eigenvalue weighted by Crippen LogP contribution is 2.44. The molecular formula is C19H19NO4. The van der Waals surface area contributed by atoms with E-state index in [1.807, 2.05) is 36.4 Å². The van der Waals surface area contributed by atoms with Gasteiger partial charge in [-0.1, -0.05) is 30.3 Å². The van der Waals surface area contributed by atoms with Crippen molar-refractivity contribution in [3.05, 3.63) is 48.0 Å². The first-order valence-electron chi connectivity index (χ1n) is 7.52. The van der Waals surface area contributed by atoms with Gasteiger partial charge in [-0.15, -0.1) is 0 Å². The standard InChI is InChI=1S/C19H19NO4/c1-22-16-10-15-17(19(24-3)18(16)23-2)13(11-21)9-14(20-15)12-7-5-4-6-8-12/h4-10,21H,11H2,1-3H3. The van der Waals surface area contributed by atoms with Crippen molar-refractivity contribution in [1.82, 2.24) is 4.98 Å². The van der Waals surface area contributed by atoms with E-state index in [1.54, 1.807) is 27.4 Å². The zero-order chi connectivity index (χ0) is 17.1. The molecule has 0 saturated carbocycles. The van der Waals surface area contributed by atoms with E-state index in [9.17, 15) is 5.11 Å². The molecule has 0 spiro atoms. The van der Waals surface area contributed by atoms with Crippen molar-refractivity contribution in [3.63, 3.8) is 0 Å². The number of aliphatic hydroxyl groups excluding tert-OH is 1. The SMILES string of the molecule is COc1cc2nc(-c3ccccc3)cc(CO)c2c(OC)c1OC. The Balaban J connectivity index is 2.36. The van der Waals surface area contributed by atoms with Gasteiger partial charge in [0.05, 0.1) is 44.5 Å². The van der Waals surface area contributed by atoms with Crippen LogP contribution in [0.4, 0.5) is 0 Å². The van der Waals surface area contributed by atoms with E-state index in [0.717, 1.165) is 22.2 Å². The van der Waals surface area contributed by atoms with Crippen LogP contribution in [0.25, 0.3) is 22.2 Å². The number of aliphatic hydroxyl groups is 1. The van der Waals surface area contributed by atoms with Crippen LogP contribution in [0.15, 0.2) is 42.5 Å². The Morgan fingerprint density at radius 2 is 1.62 bits per heavy atom.